The van der Waals surface area contributed by atoms with Gasteiger partial charge in [0.2, 0.25) is 0 Å². The molecule has 0 spiro atoms. The maximum absolute atomic E-state index is 11.8. The van der Waals surface area contributed by atoms with Crippen molar-refractivity contribution >= 4 is 27.5 Å². The Morgan fingerprint density at radius 1 is 0.878 bits per heavy atom. The fourth-order valence-corrected chi connectivity index (χ4v) is 6.28. The summed E-state index contributed by atoms with van der Waals surface area (Å²) in [5.41, 5.74) is 3.25. The van der Waals surface area contributed by atoms with E-state index in [2.05, 4.69) is 70.9 Å². The average molecular weight is 573 g/mol. The van der Waals surface area contributed by atoms with Crippen LogP contribution in [0.3, 0.4) is 0 Å². The standard InChI is InChI=1S/C34H40N2O4S/c1-34(2,3)40-33(37)35-18-22-38-28-16-12-26(13-17-28)32-30(29-8-4-5-9-31(29)41-32)24-25-10-14-27(15-11-25)39-23-21-36-19-6-7-20-36/h4-5,8-17H,6-7,18-24H2,1-3H3,(H,35,37). The monoisotopic (exact) mass is 572 g/mol. The summed E-state index contributed by atoms with van der Waals surface area (Å²) < 4.78 is 18.4. The van der Waals surface area contributed by atoms with E-state index in [0.29, 0.717) is 13.2 Å². The summed E-state index contributed by atoms with van der Waals surface area (Å²) in [4.78, 5) is 15.6. The van der Waals surface area contributed by atoms with Crippen molar-refractivity contribution in [1.82, 2.24) is 10.2 Å². The largest absolute Gasteiger partial charge is 0.492 e. The van der Waals surface area contributed by atoms with Crippen molar-refractivity contribution in [3.63, 3.8) is 0 Å². The minimum absolute atomic E-state index is 0.366. The first-order valence-corrected chi connectivity index (χ1v) is 15.3. The molecule has 1 aromatic heterocycles. The highest BCUT2D eigenvalue weighted by Gasteiger charge is 2.17. The van der Waals surface area contributed by atoms with E-state index in [9.17, 15) is 4.79 Å². The Bertz CT molecular complexity index is 1420. The lowest BCUT2D eigenvalue weighted by Crippen LogP contribution is -2.34. The van der Waals surface area contributed by atoms with Crippen molar-refractivity contribution in [3.05, 3.63) is 83.9 Å². The van der Waals surface area contributed by atoms with Gasteiger partial charge in [0.05, 0.1) is 6.54 Å². The topological polar surface area (TPSA) is 60.0 Å². The maximum atomic E-state index is 11.8. The SMILES string of the molecule is CC(C)(C)OC(=O)NCCOc1ccc(-c2sc3ccccc3c2Cc2ccc(OCCN3CCCC3)cc2)cc1. The number of hydrogen-bond donors (Lipinski definition) is 1. The second kappa shape index (κ2) is 13.4. The number of amides is 1. The molecule has 0 unspecified atom stereocenters. The molecule has 0 atom stereocenters. The van der Waals surface area contributed by atoms with Gasteiger partial charge in [-0.05, 0) is 118 Å². The summed E-state index contributed by atoms with van der Waals surface area (Å²) in [5, 5.41) is 4.02. The van der Waals surface area contributed by atoms with Crippen LogP contribution in [0.4, 0.5) is 4.79 Å². The van der Waals surface area contributed by atoms with E-state index in [1.807, 2.05) is 44.2 Å². The molecule has 4 aromatic rings. The molecule has 1 N–H and O–H groups in total. The Kier molecular flexibility index (Phi) is 9.47. The Hall–Kier alpha value is -3.55. The van der Waals surface area contributed by atoms with Gasteiger partial charge >= 0.3 is 6.09 Å². The quantitative estimate of drug-likeness (QED) is 0.188. The molecular weight excluding hydrogens is 532 g/mol. The minimum atomic E-state index is -0.517. The summed E-state index contributed by atoms with van der Waals surface area (Å²) in [5.74, 6) is 1.70. The van der Waals surface area contributed by atoms with Crippen LogP contribution in [0.1, 0.15) is 44.7 Å². The summed E-state index contributed by atoms with van der Waals surface area (Å²) >= 11 is 1.83. The molecule has 0 bridgehead atoms. The molecule has 5 rings (SSSR count). The number of likely N-dealkylation sites (tertiary alicyclic amines) is 1. The number of thiophene rings is 1. The summed E-state index contributed by atoms with van der Waals surface area (Å²) in [6.45, 7) is 10.4. The second-order valence-corrected chi connectivity index (χ2v) is 12.5. The predicted molar refractivity (Wildman–Crippen MR) is 167 cm³/mol. The molecule has 0 radical (unpaired) electrons. The van der Waals surface area contributed by atoms with Gasteiger partial charge in [-0.3, -0.25) is 4.90 Å². The van der Waals surface area contributed by atoms with Crippen LogP contribution in [0.5, 0.6) is 11.5 Å². The number of nitrogens with one attached hydrogen (secondary N) is 1. The number of benzene rings is 3. The molecule has 1 saturated heterocycles. The zero-order valence-corrected chi connectivity index (χ0v) is 25.1. The van der Waals surface area contributed by atoms with Crippen molar-refractivity contribution in [1.29, 1.82) is 0 Å². The average Bonchev–Trinajstić information content (AvgIpc) is 3.60. The summed E-state index contributed by atoms with van der Waals surface area (Å²) in [6.07, 6.45) is 3.03. The third kappa shape index (κ3) is 8.24. The van der Waals surface area contributed by atoms with Crippen LogP contribution < -0.4 is 14.8 Å². The molecule has 0 aliphatic carbocycles. The fraction of sp³-hybridized carbons (Fsp3) is 0.382. The smallest absolute Gasteiger partial charge is 0.407 e. The van der Waals surface area contributed by atoms with Gasteiger partial charge in [0.25, 0.3) is 0 Å². The Labute approximate surface area is 247 Å². The first-order valence-electron chi connectivity index (χ1n) is 14.5. The Morgan fingerprint density at radius 2 is 1.54 bits per heavy atom. The lowest BCUT2D eigenvalue weighted by Gasteiger charge is -2.19. The second-order valence-electron chi connectivity index (χ2n) is 11.4. The molecule has 41 heavy (non-hydrogen) atoms. The molecule has 3 aromatic carbocycles. The van der Waals surface area contributed by atoms with Crippen LogP contribution in [0.25, 0.3) is 20.5 Å². The normalized spacial score (nSPS) is 13.8. The van der Waals surface area contributed by atoms with Crippen molar-refractivity contribution in [2.75, 3.05) is 39.4 Å². The van der Waals surface area contributed by atoms with Crippen molar-refractivity contribution in [2.24, 2.45) is 0 Å². The highest BCUT2D eigenvalue weighted by atomic mass is 32.1. The first kappa shape index (κ1) is 29.0. The maximum Gasteiger partial charge on any atom is 0.407 e. The zero-order valence-electron chi connectivity index (χ0n) is 24.3. The first-order chi connectivity index (χ1) is 19.8. The lowest BCUT2D eigenvalue weighted by molar-refractivity contribution is 0.0520. The van der Waals surface area contributed by atoms with Crippen LogP contribution >= 0.6 is 11.3 Å². The summed E-state index contributed by atoms with van der Waals surface area (Å²) in [7, 11) is 0. The van der Waals surface area contributed by atoms with Crippen LogP contribution in [0.2, 0.25) is 0 Å². The number of hydrogen-bond acceptors (Lipinski definition) is 6. The molecule has 1 amide bonds. The molecule has 1 aliphatic heterocycles. The van der Waals surface area contributed by atoms with E-state index in [0.717, 1.165) is 31.1 Å². The Balaban J connectivity index is 1.21. The Morgan fingerprint density at radius 3 is 2.24 bits per heavy atom. The van der Waals surface area contributed by atoms with E-state index < -0.39 is 11.7 Å². The fourth-order valence-electron chi connectivity index (χ4n) is 5.05. The van der Waals surface area contributed by atoms with Crippen molar-refractivity contribution < 1.29 is 19.0 Å². The van der Waals surface area contributed by atoms with Gasteiger partial charge in [0.1, 0.15) is 30.3 Å². The highest BCUT2D eigenvalue weighted by molar-refractivity contribution is 7.22. The van der Waals surface area contributed by atoms with Gasteiger partial charge in [-0.15, -0.1) is 11.3 Å². The van der Waals surface area contributed by atoms with Gasteiger partial charge in [-0.1, -0.05) is 30.3 Å². The molecule has 1 fully saturated rings. The number of rotatable bonds is 11. The van der Waals surface area contributed by atoms with Gasteiger partial charge < -0.3 is 19.5 Å². The lowest BCUT2D eigenvalue weighted by atomic mass is 9.99. The van der Waals surface area contributed by atoms with Gasteiger partial charge in [-0.25, -0.2) is 4.79 Å². The van der Waals surface area contributed by atoms with E-state index in [1.165, 1.54) is 57.6 Å². The zero-order chi connectivity index (χ0) is 28.7. The molecule has 6 nitrogen and oxygen atoms in total. The number of alkyl carbamates (subject to hydrolysis) is 1. The van der Waals surface area contributed by atoms with Gasteiger partial charge in [-0.2, -0.15) is 0 Å². The van der Waals surface area contributed by atoms with Gasteiger partial charge in [0, 0.05) is 16.1 Å². The van der Waals surface area contributed by atoms with Crippen LogP contribution in [-0.2, 0) is 11.2 Å². The number of carbonyl (C=O) groups excluding carboxylic acids is 1. The number of fused-ring (bicyclic) bond motifs is 1. The van der Waals surface area contributed by atoms with Crippen LogP contribution in [0.15, 0.2) is 72.8 Å². The van der Waals surface area contributed by atoms with Crippen LogP contribution in [0, 0.1) is 0 Å². The molecule has 2 heterocycles. The minimum Gasteiger partial charge on any atom is -0.492 e. The van der Waals surface area contributed by atoms with Crippen molar-refractivity contribution in [3.8, 4) is 21.9 Å². The molecular formula is C34H40N2O4S. The highest BCUT2D eigenvalue weighted by Crippen LogP contribution is 2.40. The molecule has 216 valence electrons. The molecule has 1 aliphatic rings. The molecule has 0 saturated carbocycles. The van der Waals surface area contributed by atoms with Crippen molar-refractivity contribution in [2.45, 2.75) is 45.6 Å². The number of ether oxygens (including phenoxy) is 3. The third-order valence-electron chi connectivity index (χ3n) is 7.03. The third-order valence-corrected chi connectivity index (χ3v) is 8.30. The summed E-state index contributed by atoms with van der Waals surface area (Å²) in [6, 6.07) is 25.4. The van der Waals surface area contributed by atoms with E-state index in [1.54, 1.807) is 0 Å². The van der Waals surface area contributed by atoms with E-state index in [4.69, 9.17) is 14.2 Å². The predicted octanol–water partition coefficient (Wildman–Crippen LogP) is 7.54. The van der Waals surface area contributed by atoms with Gasteiger partial charge in [0.15, 0.2) is 0 Å². The number of carbonyl (C=O) groups is 1. The molecule has 7 heteroatoms. The number of nitrogens with zero attached hydrogens (tertiary/aromatic N) is 1. The van der Waals surface area contributed by atoms with E-state index >= 15 is 0 Å². The van der Waals surface area contributed by atoms with Crippen LogP contribution in [-0.4, -0.2) is 56.0 Å². The van der Waals surface area contributed by atoms with E-state index in [-0.39, 0.29) is 0 Å².